The number of rotatable bonds is 6. The van der Waals surface area contributed by atoms with Crippen LogP contribution in [0.3, 0.4) is 0 Å². The number of hydrogen-bond acceptors (Lipinski definition) is 2. The molecule has 1 aliphatic rings. The Morgan fingerprint density at radius 2 is 1.91 bits per heavy atom. The van der Waals surface area contributed by atoms with Crippen LogP contribution < -0.4 is 5.32 Å². The van der Waals surface area contributed by atoms with Crippen LogP contribution in [0.5, 0.6) is 0 Å². The Hall–Kier alpha value is -0.870. The highest BCUT2D eigenvalue weighted by atomic mass is 79.9. The summed E-state index contributed by atoms with van der Waals surface area (Å²) in [4.78, 5) is 12.1. The number of carbonyl (C=O) groups is 1. The van der Waals surface area contributed by atoms with E-state index < -0.39 is 0 Å². The SMILES string of the molecule is CC(C)(OC(=O)CCCc1ccc(Br)cc1)C1CC[NH2+]CC1. The molecule has 0 amide bonds. The first kappa shape index (κ1) is 17.5. The molecule has 0 spiro atoms. The molecule has 2 rings (SSSR count). The Morgan fingerprint density at radius 3 is 2.55 bits per heavy atom. The molecule has 1 fully saturated rings. The first-order valence-corrected chi connectivity index (χ1v) is 9.04. The first-order chi connectivity index (χ1) is 10.5. The fourth-order valence-corrected chi connectivity index (χ4v) is 3.40. The second-order valence-corrected chi connectivity index (χ2v) is 7.61. The van der Waals surface area contributed by atoms with E-state index in [2.05, 4.69) is 47.2 Å². The smallest absolute Gasteiger partial charge is 0.306 e. The van der Waals surface area contributed by atoms with Gasteiger partial charge in [0.05, 0.1) is 13.1 Å². The molecule has 4 heteroatoms. The van der Waals surface area contributed by atoms with Gasteiger partial charge in [-0.1, -0.05) is 28.1 Å². The minimum absolute atomic E-state index is 0.0586. The fraction of sp³-hybridized carbons (Fsp3) is 0.611. The first-order valence-electron chi connectivity index (χ1n) is 8.25. The molecule has 1 heterocycles. The highest BCUT2D eigenvalue weighted by Crippen LogP contribution is 2.28. The molecule has 0 radical (unpaired) electrons. The number of ether oxygens (including phenoxy) is 1. The van der Waals surface area contributed by atoms with Gasteiger partial charge in [0.1, 0.15) is 5.60 Å². The molecule has 0 unspecified atom stereocenters. The summed E-state index contributed by atoms with van der Waals surface area (Å²) >= 11 is 3.43. The quantitative estimate of drug-likeness (QED) is 0.784. The van der Waals surface area contributed by atoms with E-state index in [1.165, 1.54) is 5.56 Å². The van der Waals surface area contributed by atoms with E-state index in [4.69, 9.17) is 4.74 Å². The summed E-state index contributed by atoms with van der Waals surface area (Å²) < 4.78 is 6.86. The van der Waals surface area contributed by atoms with E-state index in [0.717, 1.165) is 43.2 Å². The van der Waals surface area contributed by atoms with Crippen LogP contribution in [-0.4, -0.2) is 24.7 Å². The topological polar surface area (TPSA) is 42.9 Å². The fourth-order valence-electron chi connectivity index (χ4n) is 3.14. The average Bonchev–Trinajstić information content (AvgIpc) is 2.50. The van der Waals surface area contributed by atoms with Crippen molar-refractivity contribution < 1.29 is 14.8 Å². The molecule has 0 aromatic heterocycles. The maximum Gasteiger partial charge on any atom is 0.306 e. The summed E-state index contributed by atoms with van der Waals surface area (Å²) in [5.74, 6) is 0.435. The number of esters is 1. The van der Waals surface area contributed by atoms with Gasteiger partial charge in [-0.05, 0) is 44.4 Å². The third-order valence-electron chi connectivity index (χ3n) is 4.56. The van der Waals surface area contributed by atoms with Crippen molar-refractivity contribution in [3.8, 4) is 0 Å². The van der Waals surface area contributed by atoms with Gasteiger partial charge >= 0.3 is 5.97 Å². The van der Waals surface area contributed by atoms with Gasteiger partial charge in [-0.25, -0.2) is 0 Å². The Kier molecular flexibility index (Phi) is 6.45. The summed E-state index contributed by atoms with van der Waals surface area (Å²) in [6.45, 7) is 6.43. The van der Waals surface area contributed by atoms with E-state index in [9.17, 15) is 4.79 Å². The molecule has 1 aromatic rings. The van der Waals surface area contributed by atoms with Crippen LogP contribution in [0.1, 0.15) is 45.1 Å². The lowest BCUT2D eigenvalue weighted by molar-refractivity contribution is -0.665. The zero-order valence-electron chi connectivity index (χ0n) is 13.6. The zero-order chi connectivity index (χ0) is 16.0. The molecule has 22 heavy (non-hydrogen) atoms. The van der Waals surface area contributed by atoms with Gasteiger partial charge in [0.15, 0.2) is 0 Å². The van der Waals surface area contributed by atoms with Crippen LogP contribution in [0.25, 0.3) is 0 Å². The van der Waals surface area contributed by atoms with E-state index >= 15 is 0 Å². The summed E-state index contributed by atoms with van der Waals surface area (Å²) in [6, 6.07) is 8.27. The van der Waals surface area contributed by atoms with E-state index in [1.54, 1.807) is 0 Å². The predicted molar refractivity (Wildman–Crippen MR) is 91.6 cm³/mol. The number of hydrogen-bond donors (Lipinski definition) is 1. The maximum absolute atomic E-state index is 12.1. The number of carbonyl (C=O) groups excluding carboxylic acids is 1. The average molecular weight is 369 g/mol. The third-order valence-corrected chi connectivity index (χ3v) is 5.09. The summed E-state index contributed by atoms with van der Waals surface area (Å²) in [5, 5.41) is 2.34. The highest BCUT2D eigenvalue weighted by molar-refractivity contribution is 9.10. The van der Waals surface area contributed by atoms with Crippen LogP contribution in [-0.2, 0) is 16.0 Å². The maximum atomic E-state index is 12.1. The Balaban J connectivity index is 1.73. The molecule has 3 nitrogen and oxygen atoms in total. The van der Waals surface area contributed by atoms with Gasteiger partial charge in [-0.3, -0.25) is 4.79 Å². The van der Waals surface area contributed by atoms with Gasteiger partial charge in [0, 0.05) is 29.7 Å². The number of benzene rings is 1. The number of quaternary nitrogens is 1. The van der Waals surface area contributed by atoms with E-state index in [1.807, 2.05) is 12.1 Å². The monoisotopic (exact) mass is 368 g/mol. The van der Waals surface area contributed by atoms with Gasteiger partial charge in [0.25, 0.3) is 0 Å². The van der Waals surface area contributed by atoms with E-state index in [0.29, 0.717) is 12.3 Å². The molecule has 2 N–H and O–H groups in total. The van der Waals surface area contributed by atoms with Gasteiger partial charge < -0.3 is 10.1 Å². The largest absolute Gasteiger partial charge is 0.459 e. The molecule has 0 saturated carbocycles. The van der Waals surface area contributed by atoms with Crippen molar-refractivity contribution in [2.24, 2.45) is 5.92 Å². The second kappa shape index (κ2) is 8.11. The molecule has 0 aliphatic carbocycles. The van der Waals surface area contributed by atoms with Gasteiger partial charge in [-0.2, -0.15) is 0 Å². The van der Waals surface area contributed by atoms with Crippen molar-refractivity contribution in [2.45, 2.75) is 51.6 Å². The van der Waals surface area contributed by atoms with Crippen LogP contribution in [0.15, 0.2) is 28.7 Å². The summed E-state index contributed by atoms with van der Waals surface area (Å²) in [6.07, 6.45) is 4.53. The van der Waals surface area contributed by atoms with Crippen LogP contribution in [0.2, 0.25) is 0 Å². The minimum Gasteiger partial charge on any atom is -0.459 e. The van der Waals surface area contributed by atoms with Crippen molar-refractivity contribution in [3.63, 3.8) is 0 Å². The number of halogens is 1. The standard InChI is InChI=1S/C18H26BrNO2/c1-18(2,15-10-12-20-13-11-15)22-17(21)5-3-4-14-6-8-16(19)9-7-14/h6-9,15,20H,3-5,10-13H2,1-2H3/p+1. The number of aryl methyl sites for hydroxylation is 1. The lowest BCUT2D eigenvalue weighted by atomic mass is 9.83. The van der Waals surface area contributed by atoms with Gasteiger partial charge in [0.2, 0.25) is 0 Å². The van der Waals surface area contributed by atoms with Crippen molar-refractivity contribution in [1.29, 1.82) is 0 Å². The highest BCUT2D eigenvalue weighted by Gasteiger charge is 2.35. The zero-order valence-corrected chi connectivity index (χ0v) is 15.2. The Morgan fingerprint density at radius 1 is 1.27 bits per heavy atom. The van der Waals surface area contributed by atoms with Crippen LogP contribution in [0.4, 0.5) is 0 Å². The number of nitrogens with two attached hydrogens (primary N) is 1. The Labute approximate surface area is 141 Å². The lowest BCUT2D eigenvalue weighted by Crippen LogP contribution is -2.86. The molecule has 1 aliphatic heterocycles. The molecule has 0 bridgehead atoms. The third kappa shape index (κ3) is 5.40. The van der Waals surface area contributed by atoms with E-state index in [-0.39, 0.29) is 11.6 Å². The van der Waals surface area contributed by atoms with Crippen molar-refractivity contribution >= 4 is 21.9 Å². The molecule has 1 saturated heterocycles. The van der Waals surface area contributed by atoms with Gasteiger partial charge in [-0.15, -0.1) is 0 Å². The number of piperidine rings is 1. The molecular weight excluding hydrogens is 342 g/mol. The lowest BCUT2D eigenvalue weighted by Gasteiger charge is -2.35. The molecule has 0 atom stereocenters. The second-order valence-electron chi connectivity index (χ2n) is 6.70. The Bertz CT molecular complexity index is 478. The molecule has 1 aromatic carbocycles. The summed E-state index contributed by atoms with van der Waals surface area (Å²) in [5.41, 5.74) is 0.932. The van der Waals surface area contributed by atoms with Crippen molar-refractivity contribution in [3.05, 3.63) is 34.3 Å². The van der Waals surface area contributed by atoms with Crippen LogP contribution in [0, 0.1) is 5.92 Å². The minimum atomic E-state index is -0.330. The predicted octanol–water partition coefficient (Wildman–Crippen LogP) is 3.07. The van der Waals surface area contributed by atoms with Crippen molar-refractivity contribution in [2.75, 3.05) is 13.1 Å². The van der Waals surface area contributed by atoms with Crippen molar-refractivity contribution in [1.82, 2.24) is 0 Å². The summed E-state index contributed by atoms with van der Waals surface area (Å²) in [7, 11) is 0. The normalized spacial score (nSPS) is 16.5. The van der Waals surface area contributed by atoms with Crippen LogP contribution >= 0.6 is 15.9 Å². The molecule has 122 valence electrons. The molecular formula is C18H27BrNO2+.